The number of nitrogens with one attached hydrogen (secondary N) is 2. The second-order valence-electron chi connectivity index (χ2n) is 6.16. The summed E-state index contributed by atoms with van der Waals surface area (Å²) in [6, 6.07) is 14.9. The Balaban J connectivity index is 1.44. The fraction of sp³-hybridized carbons (Fsp3) is 0.150. The maximum Gasteiger partial charge on any atom is 0.271 e. The highest BCUT2D eigenvalue weighted by molar-refractivity contribution is 7.98. The lowest BCUT2D eigenvalue weighted by Crippen LogP contribution is -2.25. The molecule has 1 aromatic heterocycles. The molecular formula is C20H18Cl2N2O3S3. The van der Waals surface area contributed by atoms with Gasteiger partial charge in [-0.25, -0.2) is 8.42 Å². The third-order valence-corrected chi connectivity index (χ3v) is 8.34. The topological polar surface area (TPSA) is 75.3 Å². The lowest BCUT2D eigenvalue weighted by atomic mass is 10.2. The van der Waals surface area contributed by atoms with Gasteiger partial charge in [0, 0.05) is 39.3 Å². The van der Waals surface area contributed by atoms with Gasteiger partial charge in [0.25, 0.3) is 15.9 Å². The van der Waals surface area contributed by atoms with Crippen molar-refractivity contribution in [2.24, 2.45) is 0 Å². The first-order valence-corrected chi connectivity index (χ1v) is 13.1. The van der Waals surface area contributed by atoms with Crippen molar-refractivity contribution in [3.05, 3.63) is 81.1 Å². The Morgan fingerprint density at radius 2 is 1.83 bits per heavy atom. The van der Waals surface area contributed by atoms with Crippen LogP contribution in [0.3, 0.4) is 0 Å². The van der Waals surface area contributed by atoms with E-state index in [0.717, 1.165) is 28.4 Å². The number of benzene rings is 2. The van der Waals surface area contributed by atoms with Gasteiger partial charge < -0.3 is 5.32 Å². The van der Waals surface area contributed by atoms with E-state index in [2.05, 4.69) is 10.0 Å². The van der Waals surface area contributed by atoms with Crippen LogP contribution < -0.4 is 10.0 Å². The Morgan fingerprint density at radius 3 is 2.50 bits per heavy atom. The van der Waals surface area contributed by atoms with Gasteiger partial charge in [-0.05, 0) is 53.4 Å². The summed E-state index contributed by atoms with van der Waals surface area (Å²) in [5.74, 6) is 1.24. The number of rotatable bonds is 9. The van der Waals surface area contributed by atoms with E-state index < -0.39 is 10.0 Å². The van der Waals surface area contributed by atoms with Gasteiger partial charge >= 0.3 is 0 Å². The van der Waals surface area contributed by atoms with E-state index in [-0.39, 0.29) is 10.1 Å². The molecule has 0 aliphatic heterocycles. The SMILES string of the molecule is O=C(NCCSCc1ccc(Cl)cc1Cl)c1ccc(NS(=O)(=O)c2cccs2)cc1. The third-order valence-electron chi connectivity index (χ3n) is 3.96. The number of amides is 1. The number of thiophene rings is 1. The van der Waals surface area contributed by atoms with Crippen LogP contribution >= 0.6 is 46.3 Å². The van der Waals surface area contributed by atoms with Gasteiger partial charge in [0.2, 0.25) is 0 Å². The fourth-order valence-corrected chi connectivity index (χ4v) is 5.94. The number of thioether (sulfide) groups is 1. The van der Waals surface area contributed by atoms with Crippen LogP contribution in [0, 0.1) is 0 Å². The monoisotopic (exact) mass is 500 g/mol. The highest BCUT2D eigenvalue weighted by atomic mass is 35.5. The first kappa shape index (κ1) is 23.0. The number of hydrogen-bond acceptors (Lipinski definition) is 5. The zero-order chi connectivity index (χ0) is 21.6. The zero-order valence-corrected chi connectivity index (χ0v) is 19.6. The molecule has 0 fully saturated rings. The summed E-state index contributed by atoms with van der Waals surface area (Å²) in [6.45, 7) is 0.501. The van der Waals surface area contributed by atoms with Crippen LogP contribution in [-0.4, -0.2) is 26.6 Å². The molecule has 0 unspecified atom stereocenters. The second-order valence-corrected chi connectivity index (χ2v) is 11.0. The van der Waals surface area contributed by atoms with E-state index in [1.165, 1.54) is 6.07 Å². The first-order chi connectivity index (χ1) is 14.3. The summed E-state index contributed by atoms with van der Waals surface area (Å²) in [5, 5.41) is 5.78. The smallest absolute Gasteiger partial charge is 0.271 e. The lowest BCUT2D eigenvalue weighted by molar-refractivity contribution is 0.0956. The average molecular weight is 501 g/mol. The van der Waals surface area contributed by atoms with E-state index >= 15 is 0 Å². The van der Waals surface area contributed by atoms with Crippen molar-refractivity contribution < 1.29 is 13.2 Å². The van der Waals surface area contributed by atoms with Crippen LogP contribution in [0.2, 0.25) is 10.0 Å². The van der Waals surface area contributed by atoms with Crippen LogP contribution in [0.15, 0.2) is 64.2 Å². The maximum absolute atomic E-state index is 12.3. The molecule has 0 aliphatic carbocycles. The normalized spacial score (nSPS) is 11.3. The van der Waals surface area contributed by atoms with E-state index in [4.69, 9.17) is 23.2 Å². The number of halogens is 2. The van der Waals surface area contributed by atoms with Gasteiger partial charge in [0.1, 0.15) is 4.21 Å². The summed E-state index contributed by atoms with van der Waals surface area (Å²) >= 11 is 14.8. The highest BCUT2D eigenvalue weighted by Gasteiger charge is 2.15. The van der Waals surface area contributed by atoms with Crippen LogP contribution in [0.5, 0.6) is 0 Å². The molecule has 158 valence electrons. The molecule has 0 saturated carbocycles. The second kappa shape index (κ2) is 10.5. The van der Waals surface area contributed by atoms with Crippen molar-refractivity contribution in [3.8, 4) is 0 Å². The standard InChI is InChI=1S/C20H18Cl2N2O3S3/c21-16-6-3-15(18(22)12-16)13-28-11-9-23-20(25)14-4-7-17(8-5-14)24-30(26,27)19-2-1-10-29-19/h1-8,10,12,24H,9,11,13H2,(H,23,25). The largest absolute Gasteiger partial charge is 0.351 e. The van der Waals surface area contributed by atoms with Gasteiger partial charge in [-0.2, -0.15) is 11.8 Å². The lowest BCUT2D eigenvalue weighted by Gasteiger charge is -2.09. The van der Waals surface area contributed by atoms with Gasteiger partial charge in [-0.15, -0.1) is 11.3 Å². The third kappa shape index (κ3) is 6.39. The summed E-state index contributed by atoms with van der Waals surface area (Å²) in [4.78, 5) is 12.3. The molecule has 3 rings (SSSR count). The van der Waals surface area contributed by atoms with Crippen molar-refractivity contribution >= 4 is 67.9 Å². The molecule has 10 heteroatoms. The van der Waals surface area contributed by atoms with Crippen LogP contribution in [0.1, 0.15) is 15.9 Å². The van der Waals surface area contributed by atoms with Crippen LogP contribution in [-0.2, 0) is 15.8 Å². The number of anilines is 1. The van der Waals surface area contributed by atoms with E-state index in [1.807, 2.05) is 6.07 Å². The fourth-order valence-electron chi connectivity index (χ4n) is 2.47. The minimum absolute atomic E-state index is 0.215. The Morgan fingerprint density at radius 1 is 1.07 bits per heavy atom. The van der Waals surface area contributed by atoms with Crippen molar-refractivity contribution in [2.45, 2.75) is 9.96 Å². The molecule has 2 aromatic carbocycles. The van der Waals surface area contributed by atoms with Crippen molar-refractivity contribution in [2.75, 3.05) is 17.0 Å². The molecule has 0 bridgehead atoms. The molecule has 1 heterocycles. The number of sulfonamides is 1. The molecule has 0 atom stereocenters. The van der Waals surface area contributed by atoms with E-state index in [1.54, 1.807) is 59.6 Å². The molecule has 5 nitrogen and oxygen atoms in total. The first-order valence-electron chi connectivity index (χ1n) is 8.81. The van der Waals surface area contributed by atoms with Crippen molar-refractivity contribution in [1.82, 2.24) is 5.32 Å². The molecule has 30 heavy (non-hydrogen) atoms. The van der Waals surface area contributed by atoms with Gasteiger partial charge in [-0.3, -0.25) is 9.52 Å². The molecule has 0 aliphatic rings. The highest BCUT2D eigenvalue weighted by Crippen LogP contribution is 2.24. The molecule has 1 amide bonds. The van der Waals surface area contributed by atoms with Gasteiger partial charge in [0.15, 0.2) is 0 Å². The van der Waals surface area contributed by atoms with Crippen molar-refractivity contribution in [1.29, 1.82) is 0 Å². The average Bonchev–Trinajstić information content (AvgIpc) is 3.25. The summed E-state index contributed by atoms with van der Waals surface area (Å²) in [6.07, 6.45) is 0. The predicted octanol–water partition coefficient (Wildman–Crippen LogP) is 5.52. The summed E-state index contributed by atoms with van der Waals surface area (Å²) < 4.78 is 27.2. The molecule has 0 radical (unpaired) electrons. The Labute approximate surface area is 193 Å². The molecule has 0 saturated heterocycles. The van der Waals surface area contributed by atoms with E-state index in [0.29, 0.717) is 27.8 Å². The Hall–Kier alpha value is -1.71. The zero-order valence-electron chi connectivity index (χ0n) is 15.6. The minimum Gasteiger partial charge on any atom is -0.351 e. The molecule has 2 N–H and O–H groups in total. The molecule has 0 spiro atoms. The maximum atomic E-state index is 12.3. The van der Waals surface area contributed by atoms with Gasteiger partial charge in [-0.1, -0.05) is 35.3 Å². The predicted molar refractivity (Wildman–Crippen MR) is 127 cm³/mol. The van der Waals surface area contributed by atoms with Crippen LogP contribution in [0.25, 0.3) is 0 Å². The molecular weight excluding hydrogens is 483 g/mol. The van der Waals surface area contributed by atoms with Crippen molar-refractivity contribution in [3.63, 3.8) is 0 Å². The van der Waals surface area contributed by atoms with Gasteiger partial charge in [0.05, 0.1) is 0 Å². The van der Waals surface area contributed by atoms with E-state index in [9.17, 15) is 13.2 Å². The Bertz CT molecular complexity index is 1100. The summed E-state index contributed by atoms with van der Waals surface area (Å²) in [7, 11) is -3.60. The number of hydrogen-bond donors (Lipinski definition) is 2. The minimum atomic E-state index is -3.60. The number of carbonyl (C=O) groups excluding carboxylic acids is 1. The molecule has 3 aromatic rings. The Kier molecular flexibility index (Phi) is 8.07. The number of carbonyl (C=O) groups is 1. The summed E-state index contributed by atoms with van der Waals surface area (Å²) in [5.41, 5.74) is 1.85. The van der Waals surface area contributed by atoms with Crippen LogP contribution in [0.4, 0.5) is 5.69 Å². The quantitative estimate of drug-likeness (QED) is 0.379.